The van der Waals surface area contributed by atoms with Crippen molar-refractivity contribution >= 4 is 5.69 Å². The lowest BCUT2D eigenvalue weighted by molar-refractivity contribution is 0.153. The van der Waals surface area contributed by atoms with Crippen LogP contribution in [0.1, 0.15) is 37.4 Å². The van der Waals surface area contributed by atoms with Crippen LogP contribution in [-0.2, 0) is 6.42 Å². The Morgan fingerprint density at radius 2 is 2.24 bits per heavy atom. The highest BCUT2D eigenvalue weighted by Crippen LogP contribution is 2.32. The zero-order chi connectivity index (χ0) is 12.5. The zero-order valence-electron chi connectivity index (χ0n) is 10.7. The van der Waals surface area contributed by atoms with Gasteiger partial charge in [0.05, 0.1) is 0 Å². The molecule has 0 bridgehead atoms. The topological polar surface area (TPSA) is 58.3 Å². The van der Waals surface area contributed by atoms with E-state index in [0.717, 1.165) is 25.1 Å². The van der Waals surface area contributed by atoms with Crippen LogP contribution in [0.15, 0.2) is 18.2 Å². The Bertz CT molecular complexity index is 401. The van der Waals surface area contributed by atoms with Gasteiger partial charge in [0.2, 0.25) is 0 Å². The van der Waals surface area contributed by atoms with E-state index in [9.17, 15) is 5.11 Å². The van der Waals surface area contributed by atoms with Crippen molar-refractivity contribution in [3.05, 3.63) is 29.3 Å². The van der Waals surface area contributed by atoms with Gasteiger partial charge in [-0.2, -0.15) is 0 Å². The van der Waals surface area contributed by atoms with Gasteiger partial charge in [-0.15, -0.1) is 0 Å². The maximum atomic E-state index is 9.24. The van der Waals surface area contributed by atoms with Gasteiger partial charge >= 0.3 is 0 Å². The van der Waals surface area contributed by atoms with E-state index >= 15 is 0 Å². The lowest BCUT2D eigenvalue weighted by Crippen LogP contribution is -2.34. The molecule has 1 aromatic rings. The highest BCUT2D eigenvalue weighted by molar-refractivity contribution is 5.47. The SMILES string of the molecule is CC(C)(CO)CNC1CCc2cc(N)ccc21. The number of fused-ring (bicyclic) bond motifs is 1. The van der Waals surface area contributed by atoms with Crippen LogP contribution in [0.2, 0.25) is 0 Å². The van der Waals surface area contributed by atoms with E-state index in [0.29, 0.717) is 6.04 Å². The Balaban J connectivity index is 2.03. The first-order chi connectivity index (χ1) is 8.02. The van der Waals surface area contributed by atoms with Crippen molar-refractivity contribution < 1.29 is 5.11 Å². The largest absolute Gasteiger partial charge is 0.399 e. The van der Waals surface area contributed by atoms with Gasteiger partial charge in [0, 0.05) is 30.3 Å². The molecule has 17 heavy (non-hydrogen) atoms. The number of nitrogens with one attached hydrogen (secondary N) is 1. The van der Waals surface area contributed by atoms with Crippen molar-refractivity contribution in [2.45, 2.75) is 32.7 Å². The molecule has 1 aliphatic carbocycles. The number of nitrogens with two attached hydrogens (primary N) is 1. The average Bonchev–Trinajstić information content (AvgIpc) is 2.69. The Labute approximate surface area is 103 Å². The Morgan fingerprint density at radius 1 is 1.47 bits per heavy atom. The molecule has 0 fully saturated rings. The molecule has 1 atom stereocenters. The van der Waals surface area contributed by atoms with E-state index in [1.165, 1.54) is 11.1 Å². The van der Waals surface area contributed by atoms with Crippen molar-refractivity contribution in [2.75, 3.05) is 18.9 Å². The second kappa shape index (κ2) is 4.67. The third-order valence-electron chi connectivity index (χ3n) is 3.50. The summed E-state index contributed by atoms with van der Waals surface area (Å²) in [5, 5.41) is 12.8. The quantitative estimate of drug-likeness (QED) is 0.697. The fourth-order valence-corrected chi connectivity index (χ4v) is 2.30. The Morgan fingerprint density at radius 3 is 2.94 bits per heavy atom. The first-order valence-corrected chi connectivity index (χ1v) is 6.24. The van der Waals surface area contributed by atoms with Crippen molar-refractivity contribution in [2.24, 2.45) is 5.41 Å². The molecule has 0 saturated heterocycles. The van der Waals surface area contributed by atoms with Gasteiger partial charge in [-0.05, 0) is 36.1 Å². The van der Waals surface area contributed by atoms with Gasteiger partial charge in [0.15, 0.2) is 0 Å². The van der Waals surface area contributed by atoms with Gasteiger partial charge in [-0.1, -0.05) is 19.9 Å². The molecule has 0 aliphatic heterocycles. The van der Waals surface area contributed by atoms with Crippen molar-refractivity contribution in [3.8, 4) is 0 Å². The number of hydrogen-bond acceptors (Lipinski definition) is 3. The predicted molar refractivity (Wildman–Crippen MR) is 70.8 cm³/mol. The van der Waals surface area contributed by atoms with Crippen LogP contribution < -0.4 is 11.1 Å². The number of aliphatic hydroxyl groups excluding tert-OH is 1. The summed E-state index contributed by atoms with van der Waals surface area (Å²) < 4.78 is 0. The third kappa shape index (κ3) is 2.79. The summed E-state index contributed by atoms with van der Waals surface area (Å²) in [6.45, 7) is 5.18. The Kier molecular flexibility index (Phi) is 3.40. The van der Waals surface area contributed by atoms with Crippen LogP contribution in [0.4, 0.5) is 5.69 Å². The molecule has 94 valence electrons. The molecule has 0 saturated carbocycles. The molecular weight excluding hydrogens is 212 g/mol. The first kappa shape index (κ1) is 12.4. The number of benzene rings is 1. The first-order valence-electron chi connectivity index (χ1n) is 6.24. The van der Waals surface area contributed by atoms with Crippen LogP contribution in [0.5, 0.6) is 0 Å². The number of nitrogen functional groups attached to an aromatic ring is 1. The fourth-order valence-electron chi connectivity index (χ4n) is 2.30. The second-order valence-corrected chi connectivity index (χ2v) is 5.75. The summed E-state index contributed by atoms with van der Waals surface area (Å²) in [7, 11) is 0. The van der Waals surface area contributed by atoms with E-state index in [4.69, 9.17) is 5.73 Å². The smallest absolute Gasteiger partial charge is 0.0494 e. The van der Waals surface area contributed by atoms with Gasteiger partial charge in [-0.3, -0.25) is 0 Å². The van der Waals surface area contributed by atoms with E-state index in [2.05, 4.69) is 31.3 Å². The highest BCUT2D eigenvalue weighted by atomic mass is 16.3. The summed E-state index contributed by atoms with van der Waals surface area (Å²) in [5.74, 6) is 0. The number of hydrogen-bond donors (Lipinski definition) is 3. The maximum absolute atomic E-state index is 9.24. The van der Waals surface area contributed by atoms with E-state index in [1.807, 2.05) is 6.07 Å². The van der Waals surface area contributed by atoms with Gasteiger partial charge in [0.1, 0.15) is 0 Å². The molecule has 4 N–H and O–H groups in total. The standard InChI is InChI=1S/C14H22N2O/c1-14(2,9-17)8-16-13-6-3-10-7-11(15)4-5-12(10)13/h4-5,7,13,16-17H,3,6,8-9,15H2,1-2H3. The van der Waals surface area contributed by atoms with E-state index < -0.39 is 0 Å². The molecule has 3 heteroatoms. The molecule has 0 spiro atoms. The minimum absolute atomic E-state index is 0.0590. The van der Waals surface area contributed by atoms with E-state index in [-0.39, 0.29) is 12.0 Å². The minimum Gasteiger partial charge on any atom is -0.399 e. The normalized spacial score (nSPS) is 19.4. The molecule has 0 aromatic heterocycles. The predicted octanol–water partition coefficient (Wildman–Crippen LogP) is 1.86. The molecular formula is C14H22N2O. The minimum atomic E-state index is -0.0590. The monoisotopic (exact) mass is 234 g/mol. The third-order valence-corrected chi connectivity index (χ3v) is 3.50. The van der Waals surface area contributed by atoms with Crippen LogP contribution in [0.3, 0.4) is 0 Å². The molecule has 3 nitrogen and oxygen atoms in total. The van der Waals surface area contributed by atoms with Crippen molar-refractivity contribution in [3.63, 3.8) is 0 Å². The molecule has 2 rings (SSSR count). The lowest BCUT2D eigenvalue weighted by Gasteiger charge is -2.25. The van der Waals surface area contributed by atoms with Crippen LogP contribution in [0, 0.1) is 5.41 Å². The summed E-state index contributed by atoms with van der Waals surface area (Å²) in [4.78, 5) is 0. The molecule has 1 unspecified atom stereocenters. The molecule has 0 radical (unpaired) electrons. The van der Waals surface area contributed by atoms with Crippen molar-refractivity contribution in [1.82, 2.24) is 5.32 Å². The van der Waals surface area contributed by atoms with Gasteiger partial charge < -0.3 is 16.2 Å². The van der Waals surface area contributed by atoms with Gasteiger partial charge in [-0.25, -0.2) is 0 Å². The van der Waals surface area contributed by atoms with Crippen LogP contribution >= 0.6 is 0 Å². The van der Waals surface area contributed by atoms with Crippen LogP contribution in [-0.4, -0.2) is 18.3 Å². The number of aliphatic hydroxyl groups is 1. The van der Waals surface area contributed by atoms with Gasteiger partial charge in [0.25, 0.3) is 0 Å². The fraction of sp³-hybridized carbons (Fsp3) is 0.571. The average molecular weight is 234 g/mol. The highest BCUT2D eigenvalue weighted by Gasteiger charge is 2.24. The van der Waals surface area contributed by atoms with E-state index in [1.54, 1.807) is 0 Å². The summed E-state index contributed by atoms with van der Waals surface area (Å²) >= 11 is 0. The molecule has 1 aromatic carbocycles. The molecule has 0 heterocycles. The maximum Gasteiger partial charge on any atom is 0.0494 e. The van der Waals surface area contributed by atoms with Crippen molar-refractivity contribution in [1.29, 1.82) is 0 Å². The number of rotatable bonds is 4. The zero-order valence-corrected chi connectivity index (χ0v) is 10.7. The summed E-state index contributed by atoms with van der Waals surface area (Å²) in [6, 6.07) is 6.59. The van der Waals surface area contributed by atoms with Crippen LogP contribution in [0.25, 0.3) is 0 Å². The molecule has 1 aliphatic rings. The summed E-state index contributed by atoms with van der Waals surface area (Å²) in [6.07, 6.45) is 2.22. The Hall–Kier alpha value is -1.06. The number of aryl methyl sites for hydroxylation is 1. The second-order valence-electron chi connectivity index (χ2n) is 5.75. The summed E-state index contributed by atoms with van der Waals surface area (Å²) in [5.41, 5.74) is 9.31. The lowest BCUT2D eigenvalue weighted by atomic mass is 9.94. The molecule has 0 amide bonds. The number of anilines is 1.